The van der Waals surface area contributed by atoms with Gasteiger partial charge in [-0.05, 0) is 31.6 Å². The predicted molar refractivity (Wildman–Crippen MR) is 111 cm³/mol. The number of nitrogens with zero attached hydrogens (tertiary/aromatic N) is 3. The van der Waals surface area contributed by atoms with Crippen LogP contribution in [0.15, 0.2) is 17.7 Å². The van der Waals surface area contributed by atoms with Gasteiger partial charge in [0.1, 0.15) is 17.0 Å². The van der Waals surface area contributed by atoms with Gasteiger partial charge in [0.15, 0.2) is 17.3 Å². The Hall–Kier alpha value is -4.22. The highest BCUT2D eigenvalue weighted by atomic mass is 32.1. The van der Waals surface area contributed by atoms with Crippen molar-refractivity contribution in [1.82, 2.24) is 0 Å². The maximum Gasteiger partial charge on any atom is 0.348 e. The van der Waals surface area contributed by atoms with Gasteiger partial charge in [0.2, 0.25) is 6.79 Å². The van der Waals surface area contributed by atoms with Crippen molar-refractivity contribution in [2.24, 2.45) is 0 Å². The van der Waals surface area contributed by atoms with E-state index in [1.54, 1.807) is 19.9 Å². The van der Waals surface area contributed by atoms with Crippen LogP contribution in [0.4, 0.5) is 5.69 Å². The minimum absolute atomic E-state index is 0.000714. The fourth-order valence-corrected chi connectivity index (χ4v) is 4.18. The number of allylic oxidation sites excluding steroid dienone is 1. The Morgan fingerprint density at radius 2 is 2.00 bits per heavy atom. The molecular formula is C21H15N3O7S. The third kappa shape index (κ3) is 4.29. The van der Waals surface area contributed by atoms with E-state index in [-0.39, 0.29) is 58.6 Å². The molecule has 2 aromatic rings. The van der Waals surface area contributed by atoms with Crippen molar-refractivity contribution < 1.29 is 28.7 Å². The number of ketones is 1. The van der Waals surface area contributed by atoms with Gasteiger partial charge >= 0.3 is 5.97 Å². The summed E-state index contributed by atoms with van der Waals surface area (Å²) in [6.07, 6.45) is 0.771. The quantitative estimate of drug-likeness (QED) is 0.202. The molecule has 0 saturated carbocycles. The minimum Gasteiger partial charge on any atom is -0.462 e. The Morgan fingerprint density at radius 3 is 2.59 bits per heavy atom. The number of benzene rings is 1. The van der Waals surface area contributed by atoms with Crippen molar-refractivity contribution in [1.29, 1.82) is 10.5 Å². The maximum atomic E-state index is 12.8. The summed E-state index contributed by atoms with van der Waals surface area (Å²) in [6.45, 7) is 3.28. The second-order valence-electron chi connectivity index (χ2n) is 6.48. The number of Topliss-reactive ketones (excluding diaryl/α,β-unsaturated/α-hetero) is 1. The smallest absolute Gasteiger partial charge is 0.348 e. The van der Waals surface area contributed by atoms with Crippen LogP contribution in [-0.4, -0.2) is 30.1 Å². The van der Waals surface area contributed by atoms with Gasteiger partial charge in [-0.25, -0.2) is 4.79 Å². The summed E-state index contributed by atoms with van der Waals surface area (Å²) in [5.41, 5.74) is -0.145. The third-order valence-corrected chi connectivity index (χ3v) is 5.82. The SMILES string of the molecule is CCOC(=O)c1sc(CC(=O)C(C#N)=Cc2cc3c(cc2[N+](=O)[O-])OCO3)c(C#N)c1C. The Labute approximate surface area is 186 Å². The molecule has 0 unspecified atom stereocenters. The molecule has 1 aliphatic heterocycles. The molecule has 0 N–H and O–H groups in total. The fourth-order valence-electron chi connectivity index (χ4n) is 3.03. The molecule has 32 heavy (non-hydrogen) atoms. The molecule has 1 aromatic carbocycles. The highest BCUT2D eigenvalue weighted by Gasteiger charge is 2.26. The normalized spacial score (nSPS) is 12.1. The lowest BCUT2D eigenvalue weighted by Gasteiger charge is -2.03. The minimum atomic E-state index is -0.660. The van der Waals surface area contributed by atoms with Crippen LogP contribution in [0.25, 0.3) is 6.08 Å². The van der Waals surface area contributed by atoms with Crippen LogP contribution in [0.2, 0.25) is 0 Å². The summed E-state index contributed by atoms with van der Waals surface area (Å²) in [4.78, 5) is 36.2. The number of nitro groups is 1. The first-order valence-electron chi connectivity index (χ1n) is 9.23. The number of fused-ring (bicyclic) bond motifs is 1. The van der Waals surface area contributed by atoms with E-state index in [0.29, 0.717) is 10.4 Å². The zero-order valence-electron chi connectivity index (χ0n) is 17.0. The summed E-state index contributed by atoms with van der Waals surface area (Å²) in [6, 6.07) is 6.21. The molecule has 3 rings (SSSR count). The third-order valence-electron chi connectivity index (χ3n) is 4.55. The number of nitro benzene ring substituents is 1. The number of esters is 1. The summed E-state index contributed by atoms with van der Waals surface area (Å²) >= 11 is 0.946. The summed E-state index contributed by atoms with van der Waals surface area (Å²) < 4.78 is 15.3. The number of ether oxygens (including phenoxy) is 3. The van der Waals surface area contributed by atoms with E-state index in [4.69, 9.17) is 14.2 Å². The van der Waals surface area contributed by atoms with E-state index >= 15 is 0 Å². The van der Waals surface area contributed by atoms with Crippen molar-refractivity contribution >= 4 is 34.9 Å². The summed E-state index contributed by atoms with van der Waals surface area (Å²) in [5.74, 6) is -0.811. The van der Waals surface area contributed by atoms with E-state index < -0.39 is 16.7 Å². The molecule has 10 nitrogen and oxygen atoms in total. The molecule has 1 aliphatic rings. The van der Waals surface area contributed by atoms with Crippen molar-refractivity contribution in [2.75, 3.05) is 13.4 Å². The highest BCUT2D eigenvalue weighted by Crippen LogP contribution is 2.39. The van der Waals surface area contributed by atoms with Gasteiger partial charge in [-0.15, -0.1) is 11.3 Å². The lowest BCUT2D eigenvalue weighted by atomic mass is 10.0. The number of carbonyl (C=O) groups excluding carboxylic acids is 2. The van der Waals surface area contributed by atoms with Crippen LogP contribution in [0.5, 0.6) is 11.5 Å². The predicted octanol–water partition coefficient (Wildman–Crippen LogP) is 3.46. The molecule has 0 fully saturated rings. The number of hydrogen-bond acceptors (Lipinski definition) is 10. The Balaban J connectivity index is 1.97. The van der Waals surface area contributed by atoms with Gasteiger partial charge in [-0.2, -0.15) is 10.5 Å². The monoisotopic (exact) mass is 453 g/mol. The zero-order valence-corrected chi connectivity index (χ0v) is 17.8. The van der Waals surface area contributed by atoms with E-state index in [2.05, 4.69) is 0 Å². The van der Waals surface area contributed by atoms with E-state index in [1.165, 1.54) is 6.07 Å². The van der Waals surface area contributed by atoms with Crippen LogP contribution in [0, 0.1) is 39.7 Å². The van der Waals surface area contributed by atoms with Crippen LogP contribution in [0.3, 0.4) is 0 Å². The molecule has 0 radical (unpaired) electrons. The Kier molecular flexibility index (Phi) is 6.52. The number of rotatable bonds is 7. The van der Waals surface area contributed by atoms with E-state index in [1.807, 2.05) is 6.07 Å². The molecule has 0 saturated heterocycles. The number of hydrogen-bond donors (Lipinski definition) is 0. The molecule has 0 aliphatic carbocycles. The lowest BCUT2D eigenvalue weighted by Crippen LogP contribution is -2.05. The average Bonchev–Trinajstić information content (AvgIpc) is 3.34. The van der Waals surface area contributed by atoms with Gasteiger partial charge in [0.05, 0.1) is 34.3 Å². The lowest BCUT2D eigenvalue weighted by molar-refractivity contribution is -0.385. The number of thiophene rings is 1. The standard InChI is InChI=1S/C21H15N3O7S/c1-3-29-21(26)20-11(2)14(9-23)19(32-20)7-16(25)13(8-22)4-12-5-17-18(31-10-30-17)6-15(12)24(27)28/h4-6H,3,7,10H2,1-2H3. The molecule has 0 atom stereocenters. The molecule has 0 bridgehead atoms. The molecule has 162 valence electrons. The summed E-state index contributed by atoms with van der Waals surface area (Å²) in [5, 5.41) is 30.4. The van der Waals surface area contributed by atoms with Gasteiger partial charge in [-0.3, -0.25) is 14.9 Å². The Morgan fingerprint density at radius 1 is 1.31 bits per heavy atom. The maximum absolute atomic E-state index is 12.8. The average molecular weight is 453 g/mol. The largest absolute Gasteiger partial charge is 0.462 e. The summed E-state index contributed by atoms with van der Waals surface area (Å²) in [7, 11) is 0. The van der Waals surface area contributed by atoms with Gasteiger partial charge < -0.3 is 14.2 Å². The molecule has 0 spiro atoms. The Bertz CT molecular complexity index is 1250. The van der Waals surface area contributed by atoms with Gasteiger partial charge in [-0.1, -0.05) is 0 Å². The molecule has 0 amide bonds. The number of carbonyl (C=O) groups is 2. The van der Waals surface area contributed by atoms with Crippen LogP contribution in [0.1, 0.15) is 38.2 Å². The second kappa shape index (κ2) is 9.29. The van der Waals surface area contributed by atoms with Crippen LogP contribution >= 0.6 is 11.3 Å². The first-order valence-corrected chi connectivity index (χ1v) is 10.0. The van der Waals surface area contributed by atoms with E-state index in [9.17, 15) is 30.2 Å². The first kappa shape index (κ1) is 22.5. The topological polar surface area (TPSA) is 153 Å². The fraction of sp³-hybridized carbons (Fsp3) is 0.238. The van der Waals surface area contributed by atoms with Crippen LogP contribution in [-0.2, 0) is 16.0 Å². The first-order chi connectivity index (χ1) is 15.3. The van der Waals surface area contributed by atoms with Gasteiger partial charge in [0.25, 0.3) is 5.69 Å². The van der Waals surface area contributed by atoms with Crippen molar-refractivity contribution in [3.63, 3.8) is 0 Å². The molecule has 2 heterocycles. The van der Waals surface area contributed by atoms with Gasteiger partial charge in [0, 0.05) is 11.3 Å². The number of nitriles is 2. The molecule has 1 aromatic heterocycles. The highest BCUT2D eigenvalue weighted by molar-refractivity contribution is 7.14. The van der Waals surface area contributed by atoms with E-state index in [0.717, 1.165) is 23.5 Å². The van der Waals surface area contributed by atoms with Crippen molar-refractivity contribution in [2.45, 2.75) is 20.3 Å². The molecular weight excluding hydrogens is 438 g/mol. The van der Waals surface area contributed by atoms with Crippen LogP contribution < -0.4 is 9.47 Å². The van der Waals surface area contributed by atoms with Crippen molar-refractivity contribution in [3.05, 3.63) is 54.3 Å². The molecule has 11 heteroatoms. The second-order valence-corrected chi connectivity index (χ2v) is 7.58. The van der Waals surface area contributed by atoms with Crippen molar-refractivity contribution in [3.8, 4) is 23.6 Å². The zero-order chi connectivity index (χ0) is 23.4.